The summed E-state index contributed by atoms with van der Waals surface area (Å²) in [5.41, 5.74) is 2.10. The molecule has 1 aliphatic rings. The average Bonchev–Trinajstić information content (AvgIpc) is 3.19. The van der Waals surface area contributed by atoms with Crippen LogP contribution in [0.3, 0.4) is 0 Å². The Morgan fingerprint density at radius 2 is 1.75 bits per heavy atom. The number of quaternary nitrogens is 1. The largest absolute Gasteiger partial charge is 0.332 e. The van der Waals surface area contributed by atoms with E-state index in [4.69, 9.17) is 0 Å². The van der Waals surface area contributed by atoms with Crippen LogP contribution < -0.4 is 4.90 Å². The second-order valence-electron chi connectivity index (χ2n) is 7.04. The highest BCUT2D eigenvalue weighted by Gasteiger charge is 2.27. The van der Waals surface area contributed by atoms with E-state index in [2.05, 4.69) is 12.0 Å². The van der Waals surface area contributed by atoms with Crippen LogP contribution in [0.25, 0.3) is 16.9 Å². The van der Waals surface area contributed by atoms with Gasteiger partial charge in [-0.15, -0.1) is 0 Å². The lowest BCUT2D eigenvalue weighted by molar-refractivity contribution is -0.902. The summed E-state index contributed by atoms with van der Waals surface area (Å²) in [5, 5.41) is 4.58. The molecule has 1 amide bonds. The molecule has 0 unspecified atom stereocenters. The number of benzene rings is 2. The van der Waals surface area contributed by atoms with Crippen LogP contribution in [0.2, 0.25) is 0 Å². The summed E-state index contributed by atoms with van der Waals surface area (Å²) >= 11 is 0. The number of aromatic nitrogens is 2. The minimum Gasteiger partial charge on any atom is -0.332 e. The van der Waals surface area contributed by atoms with Gasteiger partial charge < -0.3 is 9.80 Å². The Kier molecular flexibility index (Phi) is 5.21. The van der Waals surface area contributed by atoms with Crippen molar-refractivity contribution < 1.29 is 14.1 Å². The normalized spacial score (nSPS) is 15.0. The van der Waals surface area contributed by atoms with Crippen molar-refractivity contribution >= 4 is 5.91 Å². The number of amides is 1. The Morgan fingerprint density at radius 1 is 1.07 bits per heavy atom. The zero-order valence-electron chi connectivity index (χ0n) is 15.9. The lowest BCUT2D eigenvalue weighted by Crippen LogP contribution is -3.14. The maximum Gasteiger partial charge on any atom is 0.273 e. The van der Waals surface area contributed by atoms with Crippen LogP contribution in [0.1, 0.15) is 17.4 Å². The highest BCUT2D eigenvalue weighted by Crippen LogP contribution is 2.25. The van der Waals surface area contributed by atoms with Gasteiger partial charge >= 0.3 is 0 Å². The van der Waals surface area contributed by atoms with Gasteiger partial charge in [-0.3, -0.25) is 4.79 Å². The number of likely N-dealkylation sites (N-methyl/N-ethyl adjacent to an activating group) is 1. The Hall–Kier alpha value is -2.99. The van der Waals surface area contributed by atoms with Crippen molar-refractivity contribution in [1.82, 2.24) is 14.7 Å². The van der Waals surface area contributed by atoms with Gasteiger partial charge in [-0.2, -0.15) is 5.10 Å². The van der Waals surface area contributed by atoms with Gasteiger partial charge in [-0.1, -0.05) is 30.3 Å². The maximum atomic E-state index is 14.3. The molecule has 0 saturated carbocycles. The number of halogens is 1. The monoisotopic (exact) mass is 379 g/mol. The Labute approximate surface area is 164 Å². The highest BCUT2D eigenvalue weighted by atomic mass is 19.1. The fraction of sp³-hybridized carbons (Fsp3) is 0.273. The Bertz CT molecular complexity index is 962. The number of nitrogens with one attached hydrogen (secondary N) is 1. The third-order valence-corrected chi connectivity index (χ3v) is 5.34. The molecule has 3 aromatic rings. The number of carbonyl (C=O) groups excluding carboxylic acids is 1. The number of hydrogen-bond acceptors (Lipinski definition) is 2. The number of carbonyl (C=O) groups is 1. The average molecular weight is 379 g/mol. The topological polar surface area (TPSA) is 42.6 Å². The van der Waals surface area contributed by atoms with Crippen molar-refractivity contribution in [2.24, 2.45) is 0 Å². The number of rotatable bonds is 4. The fourth-order valence-corrected chi connectivity index (χ4v) is 3.64. The molecule has 1 aliphatic heterocycles. The lowest BCUT2D eigenvalue weighted by Gasteiger charge is -2.31. The summed E-state index contributed by atoms with van der Waals surface area (Å²) in [6.07, 6.45) is 0. The van der Waals surface area contributed by atoms with Crippen LogP contribution in [-0.2, 0) is 0 Å². The van der Waals surface area contributed by atoms with Crippen molar-refractivity contribution in [3.63, 3.8) is 0 Å². The summed E-state index contributed by atoms with van der Waals surface area (Å²) in [5.74, 6) is -0.409. The van der Waals surface area contributed by atoms with Gasteiger partial charge in [0, 0.05) is 5.56 Å². The standard InChI is InChI=1S/C22H23FN4O/c1-2-25-12-14-26(15-13-25)22(28)21-16-20(18-10-6-7-11-19(18)23)24-27(21)17-8-4-3-5-9-17/h3-11,16H,2,12-15H2,1H3/p+1. The molecule has 144 valence electrons. The van der Waals surface area contributed by atoms with Crippen LogP contribution in [0, 0.1) is 5.82 Å². The molecule has 0 spiro atoms. The summed E-state index contributed by atoms with van der Waals surface area (Å²) in [7, 11) is 0. The first kappa shape index (κ1) is 18.4. The van der Waals surface area contributed by atoms with Crippen LogP contribution in [0.5, 0.6) is 0 Å². The number of para-hydroxylation sites is 1. The number of hydrogen-bond donors (Lipinski definition) is 1. The molecule has 1 aromatic heterocycles. The summed E-state index contributed by atoms with van der Waals surface area (Å²) in [6.45, 7) is 6.57. The van der Waals surface area contributed by atoms with Crippen molar-refractivity contribution in [3.8, 4) is 16.9 Å². The van der Waals surface area contributed by atoms with E-state index in [-0.39, 0.29) is 11.7 Å². The van der Waals surface area contributed by atoms with Gasteiger partial charge in [0.15, 0.2) is 0 Å². The summed E-state index contributed by atoms with van der Waals surface area (Å²) in [6, 6.07) is 17.7. The van der Waals surface area contributed by atoms with Gasteiger partial charge in [0.2, 0.25) is 0 Å². The zero-order valence-corrected chi connectivity index (χ0v) is 15.9. The van der Waals surface area contributed by atoms with Gasteiger partial charge in [0.05, 0.1) is 44.1 Å². The van der Waals surface area contributed by atoms with E-state index in [1.165, 1.54) is 11.0 Å². The molecule has 0 aliphatic carbocycles. The molecule has 0 bridgehead atoms. The van der Waals surface area contributed by atoms with Crippen molar-refractivity contribution in [3.05, 3.63) is 72.2 Å². The van der Waals surface area contributed by atoms with E-state index >= 15 is 0 Å². The predicted octanol–water partition coefficient (Wildman–Crippen LogP) is 2.04. The third kappa shape index (κ3) is 3.55. The van der Waals surface area contributed by atoms with Crippen molar-refractivity contribution in [2.45, 2.75) is 6.92 Å². The minimum absolute atomic E-state index is 0.0610. The molecule has 6 heteroatoms. The summed E-state index contributed by atoms with van der Waals surface area (Å²) < 4.78 is 15.9. The zero-order chi connectivity index (χ0) is 19.5. The molecule has 2 heterocycles. The molecule has 1 saturated heterocycles. The first-order valence-corrected chi connectivity index (χ1v) is 9.70. The Morgan fingerprint density at radius 3 is 2.43 bits per heavy atom. The predicted molar refractivity (Wildman–Crippen MR) is 106 cm³/mol. The molecule has 2 aromatic carbocycles. The quantitative estimate of drug-likeness (QED) is 0.754. The van der Waals surface area contributed by atoms with E-state index in [0.29, 0.717) is 17.0 Å². The molecule has 4 rings (SSSR count). The van der Waals surface area contributed by atoms with E-state index in [9.17, 15) is 9.18 Å². The van der Waals surface area contributed by atoms with Gasteiger partial charge in [0.25, 0.3) is 5.91 Å². The summed E-state index contributed by atoms with van der Waals surface area (Å²) in [4.78, 5) is 16.7. The van der Waals surface area contributed by atoms with E-state index < -0.39 is 0 Å². The van der Waals surface area contributed by atoms with Gasteiger partial charge in [-0.05, 0) is 37.3 Å². The highest BCUT2D eigenvalue weighted by molar-refractivity contribution is 5.94. The van der Waals surface area contributed by atoms with Crippen LogP contribution >= 0.6 is 0 Å². The Balaban J connectivity index is 1.73. The van der Waals surface area contributed by atoms with E-state index in [0.717, 1.165) is 38.4 Å². The molecular formula is C22H24FN4O+. The lowest BCUT2D eigenvalue weighted by atomic mass is 10.1. The molecule has 0 radical (unpaired) electrons. The smallest absolute Gasteiger partial charge is 0.273 e. The second kappa shape index (κ2) is 7.94. The molecule has 28 heavy (non-hydrogen) atoms. The fourth-order valence-electron chi connectivity index (χ4n) is 3.64. The van der Waals surface area contributed by atoms with Gasteiger partial charge in [0.1, 0.15) is 11.5 Å². The molecular weight excluding hydrogens is 355 g/mol. The molecule has 1 fully saturated rings. The maximum absolute atomic E-state index is 14.3. The first-order chi connectivity index (χ1) is 13.7. The van der Waals surface area contributed by atoms with Crippen molar-refractivity contribution in [2.75, 3.05) is 32.7 Å². The number of nitrogens with zero attached hydrogens (tertiary/aromatic N) is 3. The van der Waals surface area contributed by atoms with Crippen LogP contribution in [-0.4, -0.2) is 53.3 Å². The van der Waals surface area contributed by atoms with Gasteiger partial charge in [-0.25, -0.2) is 9.07 Å². The minimum atomic E-state index is -0.348. The van der Waals surface area contributed by atoms with E-state index in [1.807, 2.05) is 35.2 Å². The van der Waals surface area contributed by atoms with Crippen LogP contribution in [0.4, 0.5) is 4.39 Å². The molecule has 1 N–H and O–H groups in total. The molecule has 0 atom stereocenters. The SMILES string of the molecule is CC[NH+]1CCN(C(=O)c2cc(-c3ccccc3F)nn2-c2ccccc2)CC1. The van der Waals surface area contributed by atoms with E-state index in [1.54, 1.807) is 28.9 Å². The van der Waals surface area contributed by atoms with Crippen molar-refractivity contribution in [1.29, 1.82) is 0 Å². The molecule has 5 nitrogen and oxygen atoms in total. The first-order valence-electron chi connectivity index (χ1n) is 9.70. The van der Waals surface area contributed by atoms with Crippen LogP contribution in [0.15, 0.2) is 60.7 Å². The number of piperazine rings is 1. The second-order valence-corrected chi connectivity index (χ2v) is 7.04. The third-order valence-electron chi connectivity index (χ3n) is 5.34.